The van der Waals surface area contributed by atoms with Gasteiger partial charge in [-0.1, -0.05) is 36.4 Å². The van der Waals surface area contributed by atoms with Crippen LogP contribution in [0.1, 0.15) is 24.8 Å². The van der Waals surface area contributed by atoms with E-state index in [-0.39, 0.29) is 18.6 Å². The molecule has 19 heavy (non-hydrogen) atoms. The molecule has 0 aromatic heterocycles. The lowest BCUT2D eigenvalue weighted by molar-refractivity contribution is -0.127. The minimum atomic E-state index is -0.557. The first-order chi connectivity index (χ1) is 9.22. The summed E-state index contributed by atoms with van der Waals surface area (Å²) in [5.41, 5.74) is 0.905. The fraction of sp³-hybridized carbons (Fsp3) is 0.333. The lowest BCUT2D eigenvalue weighted by atomic mass is 10.1. The van der Waals surface area contributed by atoms with Crippen molar-refractivity contribution in [1.82, 2.24) is 4.90 Å². The average Bonchev–Trinajstić information content (AvgIpc) is 2.79. The lowest BCUT2D eigenvalue weighted by Gasteiger charge is -2.21. The Hall–Kier alpha value is -2.10. The molecule has 2 rings (SSSR count). The van der Waals surface area contributed by atoms with E-state index in [9.17, 15) is 9.59 Å². The molecule has 4 nitrogen and oxygen atoms in total. The maximum Gasteiger partial charge on any atom is 0.417 e. The highest BCUT2D eigenvalue weighted by atomic mass is 16.6. The summed E-state index contributed by atoms with van der Waals surface area (Å²) in [6, 6.07) is 9.30. The van der Waals surface area contributed by atoms with Gasteiger partial charge in [0.05, 0.1) is 0 Å². The van der Waals surface area contributed by atoms with E-state index in [1.807, 2.05) is 30.3 Å². The number of ether oxygens (including phenoxy) is 1. The summed E-state index contributed by atoms with van der Waals surface area (Å²) in [5.74, 6) is -0.162. The van der Waals surface area contributed by atoms with Gasteiger partial charge in [0.2, 0.25) is 5.91 Å². The van der Waals surface area contributed by atoms with Gasteiger partial charge in [0.1, 0.15) is 6.61 Å². The number of hydrogen-bond donors (Lipinski definition) is 0. The Kier molecular flexibility index (Phi) is 4.34. The van der Waals surface area contributed by atoms with Gasteiger partial charge < -0.3 is 4.74 Å². The van der Waals surface area contributed by atoms with Crippen molar-refractivity contribution in [3.05, 3.63) is 48.6 Å². The van der Waals surface area contributed by atoms with Crippen molar-refractivity contribution >= 4 is 12.0 Å². The van der Waals surface area contributed by atoms with E-state index >= 15 is 0 Å². The van der Waals surface area contributed by atoms with Gasteiger partial charge in [0.15, 0.2) is 0 Å². The van der Waals surface area contributed by atoms with E-state index in [0.29, 0.717) is 19.3 Å². The largest absolute Gasteiger partial charge is 0.444 e. The Balaban J connectivity index is 1.94. The zero-order chi connectivity index (χ0) is 13.7. The first kappa shape index (κ1) is 13.3. The molecular formula is C15H17NO3. The predicted molar refractivity (Wildman–Crippen MR) is 71.3 cm³/mol. The number of carbonyl (C=O) groups is 2. The molecule has 1 aromatic rings. The van der Waals surface area contributed by atoms with Crippen molar-refractivity contribution < 1.29 is 14.3 Å². The summed E-state index contributed by atoms with van der Waals surface area (Å²) in [6.07, 6.45) is 2.87. The van der Waals surface area contributed by atoms with Crippen LogP contribution in [-0.2, 0) is 16.1 Å². The van der Waals surface area contributed by atoms with Crippen LogP contribution in [0.25, 0.3) is 0 Å². The van der Waals surface area contributed by atoms with Crippen molar-refractivity contribution in [2.75, 3.05) is 0 Å². The topological polar surface area (TPSA) is 46.6 Å². The second-order valence-corrected chi connectivity index (χ2v) is 4.52. The number of imide groups is 1. The van der Waals surface area contributed by atoms with Gasteiger partial charge in [-0.25, -0.2) is 9.69 Å². The molecule has 2 amide bonds. The van der Waals surface area contributed by atoms with Gasteiger partial charge >= 0.3 is 6.09 Å². The molecule has 1 aromatic carbocycles. The molecule has 100 valence electrons. The maximum absolute atomic E-state index is 12.0. The van der Waals surface area contributed by atoms with Crippen LogP contribution in [0.2, 0.25) is 0 Å². The van der Waals surface area contributed by atoms with Crippen LogP contribution in [0.3, 0.4) is 0 Å². The molecule has 1 saturated heterocycles. The van der Waals surface area contributed by atoms with E-state index in [1.165, 1.54) is 4.90 Å². The fourth-order valence-corrected chi connectivity index (χ4v) is 2.20. The molecule has 0 unspecified atom stereocenters. The second-order valence-electron chi connectivity index (χ2n) is 4.52. The molecule has 0 spiro atoms. The van der Waals surface area contributed by atoms with E-state index in [0.717, 1.165) is 5.56 Å². The molecule has 1 aliphatic rings. The van der Waals surface area contributed by atoms with Crippen LogP contribution < -0.4 is 0 Å². The van der Waals surface area contributed by atoms with Crippen LogP contribution in [0.4, 0.5) is 4.79 Å². The molecule has 0 saturated carbocycles. The summed E-state index contributed by atoms with van der Waals surface area (Å²) in [7, 11) is 0. The molecule has 4 heteroatoms. The fourth-order valence-electron chi connectivity index (χ4n) is 2.20. The lowest BCUT2D eigenvalue weighted by Crippen LogP contribution is -2.38. The summed E-state index contributed by atoms with van der Waals surface area (Å²) < 4.78 is 5.19. The molecular weight excluding hydrogens is 242 g/mol. The molecule has 1 atom stereocenters. The highest BCUT2D eigenvalue weighted by molar-refractivity contribution is 5.94. The quantitative estimate of drug-likeness (QED) is 0.781. The summed E-state index contributed by atoms with van der Waals surface area (Å²) >= 11 is 0. The third kappa shape index (κ3) is 3.22. The average molecular weight is 259 g/mol. The Morgan fingerprint density at radius 2 is 2.16 bits per heavy atom. The first-order valence-corrected chi connectivity index (χ1v) is 6.36. The predicted octanol–water partition coefficient (Wildman–Crippen LogP) is 2.89. The number of nitrogens with zero attached hydrogens (tertiary/aromatic N) is 1. The molecule has 1 fully saturated rings. The molecule has 0 N–H and O–H groups in total. The van der Waals surface area contributed by atoms with Crippen LogP contribution in [0.5, 0.6) is 0 Å². The van der Waals surface area contributed by atoms with E-state index in [2.05, 4.69) is 6.58 Å². The van der Waals surface area contributed by atoms with Crippen molar-refractivity contribution in [2.45, 2.75) is 31.9 Å². The number of likely N-dealkylation sites (tertiary alicyclic amines) is 1. The summed E-state index contributed by atoms with van der Waals surface area (Å²) in [4.78, 5) is 24.9. The minimum absolute atomic E-state index is 0.103. The number of amides is 2. The molecule has 0 aliphatic carbocycles. The van der Waals surface area contributed by atoms with Gasteiger partial charge in [-0.2, -0.15) is 0 Å². The van der Waals surface area contributed by atoms with E-state index in [1.54, 1.807) is 6.08 Å². The number of carbonyl (C=O) groups excluding carboxylic acids is 2. The molecule has 0 bridgehead atoms. The zero-order valence-corrected chi connectivity index (χ0v) is 10.7. The second kappa shape index (κ2) is 6.18. The van der Waals surface area contributed by atoms with Gasteiger partial charge in [0.25, 0.3) is 0 Å². The van der Waals surface area contributed by atoms with Gasteiger partial charge in [-0.3, -0.25) is 4.79 Å². The van der Waals surface area contributed by atoms with Gasteiger partial charge in [-0.05, 0) is 18.4 Å². The molecule has 1 aliphatic heterocycles. The normalized spacial score (nSPS) is 18.4. The van der Waals surface area contributed by atoms with Gasteiger partial charge in [-0.15, -0.1) is 6.58 Å². The van der Waals surface area contributed by atoms with Crippen LogP contribution in [0.15, 0.2) is 43.0 Å². The van der Waals surface area contributed by atoms with Crippen LogP contribution in [0, 0.1) is 0 Å². The molecule has 0 radical (unpaired) electrons. The third-order valence-electron chi connectivity index (χ3n) is 3.17. The standard InChI is InChI=1S/C15H17NO3/c1-2-6-13-9-10-14(17)16(13)15(18)19-11-12-7-4-3-5-8-12/h2-5,7-8,13H,1,6,9-11H2/t13-/m1/s1. The third-order valence-corrected chi connectivity index (χ3v) is 3.17. The molecule has 1 heterocycles. The highest BCUT2D eigenvalue weighted by Crippen LogP contribution is 2.22. The first-order valence-electron chi connectivity index (χ1n) is 6.36. The Morgan fingerprint density at radius 1 is 1.42 bits per heavy atom. The number of hydrogen-bond acceptors (Lipinski definition) is 3. The van der Waals surface area contributed by atoms with Crippen molar-refractivity contribution in [2.24, 2.45) is 0 Å². The Bertz CT molecular complexity index is 470. The van der Waals surface area contributed by atoms with E-state index in [4.69, 9.17) is 4.74 Å². The summed E-state index contributed by atoms with van der Waals surface area (Å²) in [5, 5.41) is 0. The number of benzene rings is 1. The highest BCUT2D eigenvalue weighted by Gasteiger charge is 2.35. The van der Waals surface area contributed by atoms with Crippen LogP contribution in [-0.4, -0.2) is 22.9 Å². The van der Waals surface area contributed by atoms with Crippen molar-refractivity contribution in [3.63, 3.8) is 0 Å². The smallest absolute Gasteiger partial charge is 0.417 e. The van der Waals surface area contributed by atoms with Gasteiger partial charge in [0, 0.05) is 12.5 Å². The van der Waals surface area contributed by atoms with Crippen LogP contribution >= 0.6 is 0 Å². The SMILES string of the molecule is C=CC[C@@H]1CCC(=O)N1C(=O)OCc1ccccc1. The minimum Gasteiger partial charge on any atom is -0.444 e. The zero-order valence-electron chi connectivity index (χ0n) is 10.7. The van der Waals surface area contributed by atoms with Crippen molar-refractivity contribution in [1.29, 1.82) is 0 Å². The monoisotopic (exact) mass is 259 g/mol. The number of rotatable bonds is 4. The maximum atomic E-state index is 12.0. The summed E-state index contributed by atoms with van der Waals surface area (Å²) in [6.45, 7) is 3.83. The Morgan fingerprint density at radius 3 is 2.84 bits per heavy atom. The van der Waals surface area contributed by atoms with Crippen molar-refractivity contribution in [3.8, 4) is 0 Å². The van der Waals surface area contributed by atoms with E-state index < -0.39 is 6.09 Å². The Labute approximate surface area is 112 Å².